The van der Waals surface area contributed by atoms with Gasteiger partial charge < -0.3 is 14.8 Å². The summed E-state index contributed by atoms with van der Waals surface area (Å²) in [5.41, 5.74) is 5.12. The summed E-state index contributed by atoms with van der Waals surface area (Å²) in [6, 6.07) is 20.4. The third kappa shape index (κ3) is 3.82. The zero-order valence-corrected chi connectivity index (χ0v) is 17.7. The lowest BCUT2D eigenvalue weighted by Crippen LogP contribution is -2.34. The molecule has 1 aliphatic heterocycles. The summed E-state index contributed by atoms with van der Waals surface area (Å²) in [4.78, 5) is 29.7. The minimum Gasteiger partial charge on any atom is -0.339 e. The number of fused-ring (bicyclic) bond motifs is 1. The lowest BCUT2D eigenvalue weighted by atomic mass is 10.1. The molecule has 156 valence electrons. The number of amides is 1. The molecule has 3 aromatic heterocycles. The van der Waals surface area contributed by atoms with Crippen molar-refractivity contribution in [3.05, 3.63) is 72.6 Å². The second kappa shape index (κ2) is 7.96. The van der Waals surface area contributed by atoms with Gasteiger partial charge in [0.2, 0.25) is 0 Å². The molecule has 4 aromatic rings. The number of aromatic amines is 1. The van der Waals surface area contributed by atoms with Gasteiger partial charge in [0.1, 0.15) is 11.3 Å². The first-order valence-corrected chi connectivity index (χ1v) is 10.6. The number of hydrogen-bond donors (Lipinski definition) is 1. The molecule has 0 spiro atoms. The van der Waals surface area contributed by atoms with Crippen molar-refractivity contribution < 1.29 is 4.79 Å². The van der Waals surface area contributed by atoms with Gasteiger partial charge in [-0.15, -0.1) is 0 Å². The highest BCUT2D eigenvalue weighted by atomic mass is 16.2. The molecule has 1 fully saturated rings. The van der Waals surface area contributed by atoms with Gasteiger partial charge in [0.15, 0.2) is 0 Å². The molecule has 0 aliphatic carbocycles. The van der Waals surface area contributed by atoms with E-state index >= 15 is 0 Å². The summed E-state index contributed by atoms with van der Waals surface area (Å²) in [5, 5.41) is 1.02. The predicted molar refractivity (Wildman–Crippen MR) is 123 cm³/mol. The summed E-state index contributed by atoms with van der Waals surface area (Å²) >= 11 is 0. The number of nitrogens with one attached hydrogen (secondary N) is 1. The van der Waals surface area contributed by atoms with Gasteiger partial charge in [-0.1, -0.05) is 36.4 Å². The number of pyridine rings is 2. The van der Waals surface area contributed by atoms with E-state index in [2.05, 4.69) is 58.2 Å². The van der Waals surface area contributed by atoms with E-state index in [0.29, 0.717) is 11.7 Å². The topological polar surface area (TPSA) is 65.1 Å². The average molecular weight is 412 g/mol. The molecule has 0 radical (unpaired) electrons. The van der Waals surface area contributed by atoms with Crippen molar-refractivity contribution in [3.63, 3.8) is 0 Å². The van der Waals surface area contributed by atoms with Crippen molar-refractivity contribution in [1.29, 1.82) is 0 Å². The van der Waals surface area contributed by atoms with Crippen molar-refractivity contribution in [2.45, 2.75) is 12.5 Å². The number of likely N-dealkylation sites (tertiary alicyclic amines) is 1. The maximum Gasteiger partial charge on any atom is 0.272 e. The minimum atomic E-state index is -0.00625. The Balaban J connectivity index is 1.42. The van der Waals surface area contributed by atoms with Crippen molar-refractivity contribution >= 4 is 16.9 Å². The number of rotatable bonds is 4. The first kappa shape index (κ1) is 19.5. The molecule has 0 bridgehead atoms. The molecule has 6 nitrogen and oxygen atoms in total. The second-order valence-electron chi connectivity index (χ2n) is 8.28. The Morgan fingerprint density at radius 2 is 1.90 bits per heavy atom. The van der Waals surface area contributed by atoms with E-state index in [0.717, 1.165) is 53.1 Å². The standard InChI is InChI=1S/C25H25N5O/c1-29(2)20-11-12-30(16-20)25(31)22-10-6-9-21(27-22)19-13-18-14-23(28-24(18)26-15-19)17-7-4-3-5-8-17/h3-10,13-15,20H,11-12,16H2,1-2H3,(H,26,28). The minimum absolute atomic E-state index is 0.00625. The lowest BCUT2D eigenvalue weighted by Gasteiger charge is -2.20. The Morgan fingerprint density at radius 3 is 2.68 bits per heavy atom. The van der Waals surface area contributed by atoms with Gasteiger partial charge in [0.05, 0.1) is 5.69 Å². The number of carbonyl (C=O) groups is 1. The molecule has 1 amide bonds. The Kier molecular flexibility index (Phi) is 5.00. The van der Waals surface area contributed by atoms with Gasteiger partial charge in [-0.05, 0) is 50.3 Å². The van der Waals surface area contributed by atoms with Gasteiger partial charge in [-0.2, -0.15) is 0 Å². The summed E-state index contributed by atoms with van der Waals surface area (Å²) in [6.07, 6.45) is 2.80. The Labute approximate surface area is 181 Å². The van der Waals surface area contributed by atoms with Crippen LogP contribution in [0.1, 0.15) is 16.9 Å². The molecule has 6 heteroatoms. The van der Waals surface area contributed by atoms with Crippen molar-refractivity contribution in [3.8, 4) is 22.5 Å². The first-order chi connectivity index (χ1) is 15.1. The molecule has 1 aliphatic rings. The van der Waals surface area contributed by atoms with Gasteiger partial charge in [0, 0.05) is 42.0 Å². The van der Waals surface area contributed by atoms with Crippen LogP contribution in [-0.4, -0.2) is 63.9 Å². The molecule has 1 unspecified atom stereocenters. The molecule has 31 heavy (non-hydrogen) atoms. The fraction of sp³-hybridized carbons (Fsp3) is 0.240. The Hall–Kier alpha value is -3.51. The van der Waals surface area contributed by atoms with Crippen LogP contribution in [0.25, 0.3) is 33.5 Å². The number of carbonyl (C=O) groups excluding carboxylic acids is 1. The van der Waals surface area contributed by atoms with Crippen LogP contribution >= 0.6 is 0 Å². The van der Waals surface area contributed by atoms with E-state index in [9.17, 15) is 4.79 Å². The van der Waals surface area contributed by atoms with Crippen LogP contribution in [0.2, 0.25) is 0 Å². The Bertz CT molecular complexity index is 1230. The van der Waals surface area contributed by atoms with E-state index in [1.54, 1.807) is 6.07 Å². The molecular formula is C25H25N5O. The van der Waals surface area contributed by atoms with Crippen molar-refractivity contribution in [2.24, 2.45) is 0 Å². The molecule has 1 atom stereocenters. The normalized spacial score (nSPS) is 16.4. The SMILES string of the molecule is CN(C)C1CCN(C(=O)c2cccc(-c3cnc4[nH]c(-c5ccccc5)cc4c3)n2)C1. The zero-order valence-electron chi connectivity index (χ0n) is 17.7. The largest absolute Gasteiger partial charge is 0.339 e. The summed E-state index contributed by atoms with van der Waals surface area (Å²) in [6.45, 7) is 1.52. The van der Waals surface area contributed by atoms with E-state index in [1.807, 2.05) is 41.4 Å². The van der Waals surface area contributed by atoms with Gasteiger partial charge in [0.25, 0.3) is 5.91 Å². The van der Waals surface area contributed by atoms with Crippen molar-refractivity contribution in [2.75, 3.05) is 27.2 Å². The van der Waals surface area contributed by atoms with E-state index in [1.165, 1.54) is 0 Å². The van der Waals surface area contributed by atoms with E-state index in [-0.39, 0.29) is 5.91 Å². The quantitative estimate of drug-likeness (QED) is 0.550. The number of hydrogen-bond acceptors (Lipinski definition) is 4. The van der Waals surface area contributed by atoms with Gasteiger partial charge >= 0.3 is 0 Å². The smallest absolute Gasteiger partial charge is 0.272 e. The molecule has 1 aromatic carbocycles. The lowest BCUT2D eigenvalue weighted by molar-refractivity contribution is 0.0777. The average Bonchev–Trinajstić information content (AvgIpc) is 3.46. The van der Waals surface area contributed by atoms with Crippen LogP contribution in [0.4, 0.5) is 0 Å². The summed E-state index contributed by atoms with van der Waals surface area (Å²) < 4.78 is 0. The van der Waals surface area contributed by atoms with Crippen LogP contribution in [0.15, 0.2) is 66.9 Å². The van der Waals surface area contributed by atoms with Gasteiger partial charge in [-0.3, -0.25) is 4.79 Å². The maximum atomic E-state index is 13.0. The molecular weight excluding hydrogens is 386 g/mol. The molecule has 1 saturated heterocycles. The molecule has 1 N–H and O–H groups in total. The predicted octanol–water partition coefficient (Wildman–Crippen LogP) is 4.07. The number of nitrogens with zero attached hydrogens (tertiary/aromatic N) is 4. The fourth-order valence-corrected chi connectivity index (χ4v) is 4.15. The molecule has 4 heterocycles. The molecule has 5 rings (SSSR count). The summed E-state index contributed by atoms with van der Waals surface area (Å²) in [5.74, 6) is -0.00625. The third-order valence-electron chi connectivity index (χ3n) is 6.00. The first-order valence-electron chi connectivity index (χ1n) is 10.6. The second-order valence-corrected chi connectivity index (χ2v) is 8.28. The summed E-state index contributed by atoms with van der Waals surface area (Å²) in [7, 11) is 4.12. The van der Waals surface area contributed by atoms with Gasteiger partial charge in [-0.25, -0.2) is 9.97 Å². The fourth-order valence-electron chi connectivity index (χ4n) is 4.15. The number of benzene rings is 1. The van der Waals surface area contributed by atoms with Crippen LogP contribution < -0.4 is 0 Å². The highest BCUT2D eigenvalue weighted by molar-refractivity contribution is 5.93. The Morgan fingerprint density at radius 1 is 1.06 bits per heavy atom. The van der Waals surface area contributed by atoms with Crippen LogP contribution in [0, 0.1) is 0 Å². The highest BCUT2D eigenvalue weighted by Gasteiger charge is 2.28. The zero-order chi connectivity index (χ0) is 21.4. The van der Waals surface area contributed by atoms with Crippen LogP contribution in [0.3, 0.4) is 0 Å². The monoisotopic (exact) mass is 411 g/mol. The maximum absolute atomic E-state index is 13.0. The van der Waals surface area contributed by atoms with E-state index in [4.69, 9.17) is 0 Å². The van der Waals surface area contributed by atoms with E-state index < -0.39 is 0 Å². The van der Waals surface area contributed by atoms with Crippen molar-refractivity contribution in [1.82, 2.24) is 24.8 Å². The number of aromatic nitrogens is 3. The van der Waals surface area contributed by atoms with Crippen LogP contribution in [-0.2, 0) is 0 Å². The van der Waals surface area contributed by atoms with Crippen LogP contribution in [0.5, 0.6) is 0 Å². The number of H-pyrrole nitrogens is 1. The number of likely N-dealkylation sites (N-methyl/N-ethyl adjacent to an activating group) is 1. The molecule has 0 saturated carbocycles. The third-order valence-corrected chi connectivity index (χ3v) is 6.00. The highest BCUT2D eigenvalue weighted by Crippen LogP contribution is 2.26.